The van der Waals surface area contributed by atoms with Crippen LogP contribution in [0.3, 0.4) is 0 Å². The highest BCUT2D eigenvalue weighted by Crippen LogP contribution is 2.18. The van der Waals surface area contributed by atoms with Crippen molar-refractivity contribution in [1.82, 2.24) is 24.6 Å². The van der Waals surface area contributed by atoms with Crippen LogP contribution in [0.15, 0.2) is 23.3 Å². The fourth-order valence-corrected chi connectivity index (χ4v) is 3.95. The van der Waals surface area contributed by atoms with Gasteiger partial charge in [0.2, 0.25) is 0 Å². The Kier molecular flexibility index (Phi) is 5.57. The molecule has 3 heterocycles. The van der Waals surface area contributed by atoms with E-state index >= 15 is 0 Å². The van der Waals surface area contributed by atoms with Crippen molar-refractivity contribution in [3.63, 3.8) is 0 Å². The average molecular weight is 384 g/mol. The summed E-state index contributed by atoms with van der Waals surface area (Å²) in [5.74, 6) is 1.90. The summed E-state index contributed by atoms with van der Waals surface area (Å²) in [5.41, 5.74) is 2.32. The molecule has 28 heavy (non-hydrogen) atoms. The molecule has 0 aromatic carbocycles. The molecule has 2 aromatic heterocycles. The van der Waals surface area contributed by atoms with Crippen molar-refractivity contribution in [2.45, 2.75) is 32.2 Å². The fourth-order valence-electron chi connectivity index (χ4n) is 3.95. The summed E-state index contributed by atoms with van der Waals surface area (Å²) >= 11 is 0. The summed E-state index contributed by atoms with van der Waals surface area (Å²) in [5, 5.41) is 4.63. The highest BCUT2D eigenvalue weighted by atomic mass is 16.1. The summed E-state index contributed by atoms with van der Waals surface area (Å²) in [6.45, 7) is 5.28. The molecule has 150 valence electrons. The van der Waals surface area contributed by atoms with E-state index in [-0.39, 0.29) is 5.56 Å². The van der Waals surface area contributed by atoms with Gasteiger partial charge < -0.3 is 9.80 Å². The molecule has 2 aromatic rings. The minimum atomic E-state index is 0.0384. The van der Waals surface area contributed by atoms with Crippen molar-refractivity contribution in [3.05, 3.63) is 40.1 Å². The van der Waals surface area contributed by atoms with E-state index in [9.17, 15) is 4.79 Å². The fraction of sp³-hybridized carbons (Fsp3) is 0.600. The molecule has 4 rings (SSSR count). The van der Waals surface area contributed by atoms with E-state index in [1.165, 1.54) is 12.8 Å². The topological polar surface area (TPSA) is 70.4 Å². The van der Waals surface area contributed by atoms with Crippen LogP contribution in [0.25, 0.3) is 0 Å². The summed E-state index contributed by atoms with van der Waals surface area (Å²) in [6, 6.07) is 3.84. The third-order valence-corrected chi connectivity index (χ3v) is 5.69. The van der Waals surface area contributed by atoms with Gasteiger partial charge in [0.1, 0.15) is 18.0 Å². The van der Waals surface area contributed by atoms with Crippen molar-refractivity contribution in [2.75, 3.05) is 56.6 Å². The van der Waals surface area contributed by atoms with E-state index in [1.807, 2.05) is 25.1 Å². The molecule has 1 aliphatic carbocycles. The number of nitrogens with zero attached hydrogens (tertiary/aromatic N) is 7. The van der Waals surface area contributed by atoms with Gasteiger partial charge in [-0.2, -0.15) is 5.10 Å². The van der Waals surface area contributed by atoms with Crippen molar-refractivity contribution in [2.24, 2.45) is 0 Å². The van der Waals surface area contributed by atoms with Gasteiger partial charge >= 0.3 is 0 Å². The Labute approximate surface area is 165 Å². The third-order valence-electron chi connectivity index (χ3n) is 5.69. The van der Waals surface area contributed by atoms with Crippen LogP contribution in [0, 0.1) is 0 Å². The molecule has 8 nitrogen and oxygen atoms in total. The molecule has 0 N–H and O–H groups in total. The molecule has 0 unspecified atom stereocenters. The lowest BCUT2D eigenvalue weighted by Gasteiger charge is -2.35. The first-order valence-corrected chi connectivity index (χ1v) is 10.2. The Hall–Kier alpha value is -2.48. The lowest BCUT2D eigenvalue weighted by atomic mass is 9.97. The lowest BCUT2D eigenvalue weighted by Crippen LogP contribution is -2.48. The van der Waals surface area contributed by atoms with E-state index in [2.05, 4.69) is 24.9 Å². The molecule has 2 aliphatic rings. The smallest absolute Gasteiger partial charge is 0.267 e. The summed E-state index contributed by atoms with van der Waals surface area (Å²) in [6.07, 6.45) is 5.98. The second-order valence-electron chi connectivity index (χ2n) is 7.84. The van der Waals surface area contributed by atoms with Crippen LogP contribution in [-0.4, -0.2) is 71.5 Å². The quantitative estimate of drug-likeness (QED) is 0.756. The predicted molar refractivity (Wildman–Crippen MR) is 110 cm³/mol. The number of hydrogen-bond donors (Lipinski definition) is 0. The zero-order valence-corrected chi connectivity index (χ0v) is 16.8. The highest BCUT2D eigenvalue weighted by molar-refractivity contribution is 5.49. The zero-order chi connectivity index (χ0) is 19.5. The van der Waals surface area contributed by atoms with Crippen LogP contribution in [0.4, 0.5) is 11.6 Å². The van der Waals surface area contributed by atoms with Gasteiger partial charge in [-0.1, -0.05) is 0 Å². The molecule has 1 saturated heterocycles. The van der Waals surface area contributed by atoms with E-state index < -0.39 is 0 Å². The van der Waals surface area contributed by atoms with Crippen LogP contribution in [0.5, 0.6) is 0 Å². The van der Waals surface area contributed by atoms with Gasteiger partial charge in [-0.3, -0.25) is 9.69 Å². The van der Waals surface area contributed by atoms with Crippen LogP contribution in [0.2, 0.25) is 0 Å². The monoisotopic (exact) mass is 383 g/mol. The Morgan fingerprint density at radius 2 is 1.79 bits per heavy atom. The molecule has 1 aliphatic heterocycles. The van der Waals surface area contributed by atoms with Gasteiger partial charge in [0, 0.05) is 59.0 Å². The lowest BCUT2D eigenvalue weighted by molar-refractivity contribution is 0.241. The molecule has 0 saturated carbocycles. The van der Waals surface area contributed by atoms with Gasteiger partial charge in [-0.25, -0.2) is 14.6 Å². The van der Waals surface area contributed by atoms with Gasteiger partial charge in [0.25, 0.3) is 5.56 Å². The number of aryl methyl sites for hydroxylation is 2. The number of piperazine rings is 1. The predicted octanol–water partition coefficient (Wildman–Crippen LogP) is 0.800. The summed E-state index contributed by atoms with van der Waals surface area (Å²) < 4.78 is 1.66. The second kappa shape index (κ2) is 8.26. The second-order valence-corrected chi connectivity index (χ2v) is 7.84. The van der Waals surface area contributed by atoms with Crippen molar-refractivity contribution in [1.29, 1.82) is 0 Å². The van der Waals surface area contributed by atoms with Crippen molar-refractivity contribution < 1.29 is 0 Å². The van der Waals surface area contributed by atoms with Crippen molar-refractivity contribution >= 4 is 11.6 Å². The minimum absolute atomic E-state index is 0.0384. The van der Waals surface area contributed by atoms with Gasteiger partial charge in [-0.15, -0.1) is 0 Å². The SMILES string of the molecule is CN(C)c1cc(N2CCN(CCn3nc4c(cc3=O)CCCC4)CC2)ncn1. The third kappa shape index (κ3) is 4.16. The van der Waals surface area contributed by atoms with Crippen LogP contribution < -0.4 is 15.4 Å². The van der Waals surface area contributed by atoms with E-state index in [4.69, 9.17) is 0 Å². The largest absolute Gasteiger partial charge is 0.363 e. The summed E-state index contributed by atoms with van der Waals surface area (Å²) in [7, 11) is 3.97. The molecule has 1 fully saturated rings. The number of hydrogen-bond acceptors (Lipinski definition) is 7. The highest BCUT2D eigenvalue weighted by Gasteiger charge is 2.19. The minimum Gasteiger partial charge on any atom is -0.363 e. The average Bonchev–Trinajstić information content (AvgIpc) is 2.72. The maximum Gasteiger partial charge on any atom is 0.267 e. The molecule has 0 spiro atoms. The standard InChI is InChI=1S/C20H29N7O/c1-24(2)18-14-19(22-15-21-18)26-10-7-25(8-11-26)9-12-27-20(28)13-16-5-3-4-6-17(16)23-27/h13-15H,3-12H2,1-2H3. The van der Waals surface area contributed by atoms with Gasteiger partial charge in [0.05, 0.1) is 12.2 Å². The Bertz CT molecular complexity index is 871. The Morgan fingerprint density at radius 3 is 2.57 bits per heavy atom. The first-order chi connectivity index (χ1) is 13.6. The zero-order valence-electron chi connectivity index (χ0n) is 16.8. The molecule has 0 atom stereocenters. The first-order valence-electron chi connectivity index (χ1n) is 10.2. The number of fused-ring (bicyclic) bond motifs is 1. The number of rotatable bonds is 5. The number of anilines is 2. The van der Waals surface area contributed by atoms with Crippen LogP contribution >= 0.6 is 0 Å². The summed E-state index contributed by atoms with van der Waals surface area (Å²) in [4.78, 5) is 27.8. The van der Waals surface area contributed by atoms with Crippen molar-refractivity contribution in [3.8, 4) is 0 Å². The first kappa shape index (κ1) is 18.9. The normalized spacial score (nSPS) is 17.4. The van der Waals surface area contributed by atoms with E-state index in [0.29, 0.717) is 6.54 Å². The molecular weight excluding hydrogens is 354 g/mol. The maximum absolute atomic E-state index is 12.3. The molecule has 0 radical (unpaired) electrons. The Morgan fingerprint density at radius 1 is 1.00 bits per heavy atom. The molecule has 0 bridgehead atoms. The van der Waals surface area contributed by atoms with Crippen LogP contribution in [-0.2, 0) is 19.4 Å². The Balaban J connectivity index is 1.33. The van der Waals surface area contributed by atoms with Crippen LogP contribution in [0.1, 0.15) is 24.1 Å². The molecule has 8 heteroatoms. The van der Waals surface area contributed by atoms with Gasteiger partial charge in [-0.05, 0) is 31.2 Å². The maximum atomic E-state index is 12.3. The molecule has 0 amide bonds. The van der Waals surface area contributed by atoms with E-state index in [0.717, 1.165) is 68.5 Å². The molecular formula is C20H29N7O. The number of aromatic nitrogens is 4. The van der Waals surface area contributed by atoms with Gasteiger partial charge in [0.15, 0.2) is 0 Å². The van der Waals surface area contributed by atoms with E-state index in [1.54, 1.807) is 17.1 Å².